The van der Waals surface area contributed by atoms with Crippen LogP contribution in [0, 0.1) is 23.7 Å². The minimum absolute atomic E-state index is 0.109. The van der Waals surface area contributed by atoms with Gasteiger partial charge in [-0.15, -0.1) is 0 Å². The van der Waals surface area contributed by atoms with Gasteiger partial charge in [-0.25, -0.2) is 0 Å². The molecule has 0 amide bonds. The molecule has 4 nitrogen and oxygen atoms in total. The van der Waals surface area contributed by atoms with Gasteiger partial charge in [0.2, 0.25) is 0 Å². The summed E-state index contributed by atoms with van der Waals surface area (Å²) >= 11 is 0. The number of benzene rings is 1. The molecule has 0 spiro atoms. The Bertz CT molecular complexity index is 779. The van der Waals surface area contributed by atoms with E-state index in [4.69, 9.17) is 4.74 Å². The molecule has 1 fully saturated rings. The molecule has 3 rings (SSSR count). The summed E-state index contributed by atoms with van der Waals surface area (Å²) in [5.41, 5.74) is 1.99. The molecule has 20 heavy (non-hydrogen) atoms. The zero-order valence-electron chi connectivity index (χ0n) is 11.6. The minimum Gasteiger partial charge on any atom is -0.492 e. The Kier molecular flexibility index (Phi) is 2.79. The average molecular weight is 268 g/mol. The summed E-state index contributed by atoms with van der Waals surface area (Å²) in [5.74, 6) is 0.549. The van der Waals surface area contributed by atoms with Gasteiger partial charge in [-0.3, -0.25) is 4.79 Å². The molecule has 0 bridgehead atoms. The Morgan fingerprint density at radius 3 is 2.80 bits per heavy atom. The van der Waals surface area contributed by atoms with Crippen LogP contribution in [0.5, 0.6) is 5.75 Å². The Labute approximate surface area is 117 Å². The largest absolute Gasteiger partial charge is 0.492 e. The number of hydrogen-bond acceptors (Lipinski definition) is 3. The number of ether oxygens (including phenoxy) is 1. The van der Waals surface area contributed by atoms with E-state index < -0.39 is 0 Å². The van der Waals surface area contributed by atoms with E-state index in [-0.39, 0.29) is 11.0 Å². The van der Waals surface area contributed by atoms with Crippen molar-refractivity contribution in [3.8, 4) is 11.8 Å². The lowest BCUT2D eigenvalue weighted by Gasteiger charge is -2.13. The van der Waals surface area contributed by atoms with E-state index in [0.29, 0.717) is 29.0 Å². The van der Waals surface area contributed by atoms with E-state index in [1.165, 1.54) is 12.8 Å². The highest BCUT2D eigenvalue weighted by Crippen LogP contribution is 2.45. The second-order valence-corrected chi connectivity index (χ2v) is 5.93. The van der Waals surface area contributed by atoms with E-state index in [9.17, 15) is 10.1 Å². The normalized spacial score (nSPS) is 15.8. The van der Waals surface area contributed by atoms with E-state index in [0.717, 1.165) is 5.39 Å². The minimum atomic E-state index is -0.109. The molecule has 0 radical (unpaired) electrons. The van der Waals surface area contributed by atoms with E-state index in [1.807, 2.05) is 0 Å². The van der Waals surface area contributed by atoms with Gasteiger partial charge in [-0.2, -0.15) is 5.26 Å². The fourth-order valence-corrected chi connectivity index (χ4v) is 2.16. The van der Waals surface area contributed by atoms with Gasteiger partial charge in [-0.05, 0) is 31.9 Å². The summed E-state index contributed by atoms with van der Waals surface area (Å²) in [5, 5.41) is 10.1. The third-order valence-electron chi connectivity index (χ3n) is 3.93. The molecule has 1 aliphatic carbocycles. The standard InChI is InChI=1S/C16H16N2O2/c1-10-5-11-6-12(8-17)14(7-13(11)18-15(10)19)20-9-16(2)3-4-16/h5-7H,3-4,9H2,1-2H3,(H,18,19). The first kappa shape index (κ1) is 12.7. The van der Waals surface area contributed by atoms with Crippen molar-refractivity contribution in [2.45, 2.75) is 26.7 Å². The molecule has 0 saturated heterocycles. The van der Waals surface area contributed by atoms with Crippen LogP contribution >= 0.6 is 0 Å². The summed E-state index contributed by atoms with van der Waals surface area (Å²) in [6.07, 6.45) is 2.33. The fraction of sp³-hybridized carbons (Fsp3) is 0.375. The number of aromatic nitrogens is 1. The van der Waals surface area contributed by atoms with Gasteiger partial charge < -0.3 is 9.72 Å². The van der Waals surface area contributed by atoms with Gasteiger partial charge in [0.05, 0.1) is 17.7 Å². The van der Waals surface area contributed by atoms with Crippen LogP contribution in [0.3, 0.4) is 0 Å². The molecule has 0 atom stereocenters. The predicted molar refractivity (Wildman–Crippen MR) is 76.9 cm³/mol. The molecule has 1 aromatic heterocycles. The van der Waals surface area contributed by atoms with E-state index in [2.05, 4.69) is 18.0 Å². The number of H-pyrrole nitrogens is 1. The summed E-state index contributed by atoms with van der Waals surface area (Å²) in [4.78, 5) is 14.5. The molecule has 0 aliphatic heterocycles. The zero-order valence-corrected chi connectivity index (χ0v) is 11.6. The summed E-state index contributed by atoms with van der Waals surface area (Å²) in [6, 6.07) is 7.47. The van der Waals surface area contributed by atoms with Gasteiger partial charge in [0.1, 0.15) is 11.8 Å². The molecule has 4 heteroatoms. The van der Waals surface area contributed by atoms with Gasteiger partial charge in [0.15, 0.2) is 0 Å². The molecule has 102 valence electrons. The molecule has 0 unspecified atom stereocenters. The van der Waals surface area contributed by atoms with Crippen LogP contribution < -0.4 is 10.3 Å². The van der Waals surface area contributed by atoms with Crippen molar-refractivity contribution >= 4 is 10.9 Å². The number of nitriles is 1. The summed E-state index contributed by atoms with van der Waals surface area (Å²) in [6.45, 7) is 4.54. The van der Waals surface area contributed by atoms with Crippen LogP contribution in [0.1, 0.15) is 30.9 Å². The topological polar surface area (TPSA) is 65.9 Å². The first-order valence-corrected chi connectivity index (χ1v) is 6.71. The maximum atomic E-state index is 11.7. The van der Waals surface area contributed by atoms with Gasteiger partial charge in [0, 0.05) is 22.4 Å². The number of aryl methyl sites for hydroxylation is 1. The summed E-state index contributed by atoms with van der Waals surface area (Å²) < 4.78 is 5.79. The maximum absolute atomic E-state index is 11.7. The van der Waals surface area contributed by atoms with Crippen LogP contribution in [0.2, 0.25) is 0 Å². The van der Waals surface area contributed by atoms with Crippen molar-refractivity contribution in [2.75, 3.05) is 6.61 Å². The zero-order chi connectivity index (χ0) is 14.3. The third kappa shape index (κ3) is 2.27. The molecule has 1 heterocycles. The first-order chi connectivity index (χ1) is 9.50. The molecule has 1 aromatic carbocycles. The first-order valence-electron chi connectivity index (χ1n) is 6.71. The molecular weight excluding hydrogens is 252 g/mol. The predicted octanol–water partition coefficient (Wildman–Crippen LogP) is 2.89. The van der Waals surface area contributed by atoms with Crippen molar-refractivity contribution in [1.82, 2.24) is 4.98 Å². The number of aromatic amines is 1. The van der Waals surface area contributed by atoms with Crippen molar-refractivity contribution in [1.29, 1.82) is 5.26 Å². The number of hydrogen-bond donors (Lipinski definition) is 1. The number of pyridine rings is 1. The van der Waals surface area contributed by atoms with Crippen molar-refractivity contribution < 1.29 is 4.74 Å². The smallest absolute Gasteiger partial charge is 0.251 e. The van der Waals surface area contributed by atoms with Crippen molar-refractivity contribution in [3.05, 3.63) is 39.7 Å². The summed E-state index contributed by atoms with van der Waals surface area (Å²) in [7, 11) is 0. The van der Waals surface area contributed by atoms with Crippen molar-refractivity contribution in [3.63, 3.8) is 0 Å². The Hall–Kier alpha value is -2.28. The van der Waals surface area contributed by atoms with Crippen molar-refractivity contribution in [2.24, 2.45) is 5.41 Å². The van der Waals surface area contributed by atoms with Crippen LogP contribution in [0.4, 0.5) is 0 Å². The van der Waals surface area contributed by atoms with Crippen LogP contribution in [0.25, 0.3) is 10.9 Å². The molecule has 1 N–H and O–H groups in total. The molecule has 1 aliphatic rings. The fourth-order valence-electron chi connectivity index (χ4n) is 2.16. The van der Waals surface area contributed by atoms with Gasteiger partial charge >= 0.3 is 0 Å². The lowest BCUT2D eigenvalue weighted by molar-refractivity contribution is 0.247. The van der Waals surface area contributed by atoms with Crippen LogP contribution in [-0.2, 0) is 0 Å². The SMILES string of the molecule is Cc1cc2cc(C#N)c(OCC3(C)CC3)cc2[nH]c1=O. The van der Waals surface area contributed by atoms with E-state index in [1.54, 1.807) is 25.1 Å². The Balaban J connectivity index is 2.04. The highest BCUT2D eigenvalue weighted by molar-refractivity contribution is 5.82. The molecule has 1 saturated carbocycles. The lowest BCUT2D eigenvalue weighted by Crippen LogP contribution is -2.11. The number of rotatable bonds is 3. The van der Waals surface area contributed by atoms with Gasteiger partial charge in [0.25, 0.3) is 5.56 Å². The second-order valence-electron chi connectivity index (χ2n) is 5.93. The molecular formula is C16H16N2O2. The molecule has 2 aromatic rings. The lowest BCUT2D eigenvalue weighted by atomic mass is 10.1. The maximum Gasteiger partial charge on any atom is 0.251 e. The number of fused-ring (bicyclic) bond motifs is 1. The number of nitrogens with zero attached hydrogens (tertiary/aromatic N) is 1. The van der Waals surface area contributed by atoms with Crippen LogP contribution in [0.15, 0.2) is 23.0 Å². The van der Waals surface area contributed by atoms with Crippen LogP contribution in [-0.4, -0.2) is 11.6 Å². The van der Waals surface area contributed by atoms with Gasteiger partial charge in [-0.1, -0.05) is 6.92 Å². The Morgan fingerprint density at radius 1 is 1.40 bits per heavy atom. The Morgan fingerprint density at radius 2 is 2.15 bits per heavy atom. The average Bonchev–Trinajstić information content (AvgIpc) is 3.15. The second kappa shape index (κ2) is 4.38. The highest BCUT2D eigenvalue weighted by Gasteiger charge is 2.38. The van der Waals surface area contributed by atoms with E-state index >= 15 is 0 Å². The third-order valence-corrected chi connectivity index (χ3v) is 3.93. The number of nitrogens with one attached hydrogen (secondary N) is 1. The monoisotopic (exact) mass is 268 g/mol. The quantitative estimate of drug-likeness (QED) is 0.930. The highest BCUT2D eigenvalue weighted by atomic mass is 16.5.